The van der Waals surface area contributed by atoms with Crippen LogP contribution in [-0.2, 0) is 0 Å². The number of carbonyl (C=O) groups excluding carboxylic acids is 2. The van der Waals surface area contributed by atoms with Crippen molar-refractivity contribution < 1.29 is 9.59 Å². The van der Waals surface area contributed by atoms with Crippen molar-refractivity contribution in [2.24, 2.45) is 0 Å². The topological polar surface area (TPSA) is 58.2 Å². The quantitative estimate of drug-likeness (QED) is 0.203. The van der Waals surface area contributed by atoms with Crippen molar-refractivity contribution in [3.05, 3.63) is 191 Å². The zero-order valence-electron chi connectivity index (χ0n) is 26.2. The molecule has 0 heterocycles. The highest BCUT2D eigenvalue weighted by atomic mass is 31.1. The van der Waals surface area contributed by atoms with Gasteiger partial charge >= 0.3 is 0 Å². The SMILES string of the molecule is O=C(N[C@@H]1C2c3ccccc3C(c3ccccc32)[C@H]1NC(=O)c1ccccc1P(c1ccccc1)c1ccccc1)c1ccccc1P. The van der Waals surface area contributed by atoms with Crippen LogP contribution >= 0.6 is 17.2 Å². The first-order chi connectivity index (χ1) is 23.6. The Hall–Kier alpha value is -4.88. The molecule has 2 N–H and O–H groups in total. The fraction of sp³-hybridized carbons (Fsp3) is 0.0952. The van der Waals surface area contributed by atoms with Gasteiger partial charge in [-0.25, -0.2) is 0 Å². The van der Waals surface area contributed by atoms with Crippen LogP contribution in [0.4, 0.5) is 0 Å². The van der Waals surface area contributed by atoms with E-state index in [1.807, 2.05) is 54.6 Å². The van der Waals surface area contributed by atoms with Gasteiger partial charge in [-0.05, 0) is 63.5 Å². The molecule has 3 aliphatic rings. The van der Waals surface area contributed by atoms with Gasteiger partial charge in [-0.2, -0.15) is 0 Å². The van der Waals surface area contributed by atoms with Crippen LogP contribution in [0, 0.1) is 0 Å². The van der Waals surface area contributed by atoms with E-state index in [2.05, 4.69) is 123 Å². The third kappa shape index (κ3) is 5.36. The molecule has 0 spiro atoms. The lowest BCUT2D eigenvalue weighted by Gasteiger charge is -2.51. The Balaban J connectivity index is 1.23. The highest BCUT2D eigenvalue weighted by molar-refractivity contribution is 7.80. The Labute approximate surface area is 284 Å². The van der Waals surface area contributed by atoms with Crippen molar-refractivity contribution in [2.45, 2.75) is 23.9 Å². The van der Waals surface area contributed by atoms with Crippen LogP contribution in [0.15, 0.2) is 158 Å². The average Bonchev–Trinajstić information content (AvgIpc) is 3.13. The summed E-state index contributed by atoms with van der Waals surface area (Å²) in [5.74, 6) is -0.526. The first-order valence-corrected chi connectivity index (χ1v) is 18.1. The van der Waals surface area contributed by atoms with Gasteiger partial charge in [0.25, 0.3) is 11.8 Å². The smallest absolute Gasteiger partial charge is 0.252 e. The largest absolute Gasteiger partial charge is 0.346 e. The monoisotopic (exact) mass is 660 g/mol. The molecule has 1 unspecified atom stereocenters. The molecule has 2 amide bonds. The summed E-state index contributed by atoms with van der Waals surface area (Å²) in [6, 6.07) is 52.7. The van der Waals surface area contributed by atoms with Crippen LogP contribution in [0.3, 0.4) is 0 Å². The predicted octanol–water partition coefficient (Wildman–Crippen LogP) is 6.13. The molecule has 2 bridgehead atoms. The second-order valence-electron chi connectivity index (χ2n) is 12.3. The Bertz CT molecular complexity index is 2050. The molecule has 0 radical (unpaired) electrons. The Morgan fingerprint density at radius 3 is 1.31 bits per heavy atom. The molecule has 0 saturated heterocycles. The highest BCUT2D eigenvalue weighted by Gasteiger charge is 2.51. The zero-order chi connectivity index (χ0) is 32.6. The maximum Gasteiger partial charge on any atom is 0.252 e. The second kappa shape index (κ2) is 13.0. The van der Waals surface area contributed by atoms with Crippen LogP contribution < -0.4 is 31.9 Å². The summed E-state index contributed by atoms with van der Waals surface area (Å²) in [7, 11) is 1.67. The summed E-state index contributed by atoms with van der Waals surface area (Å²) in [6.45, 7) is 0. The predicted molar refractivity (Wildman–Crippen MR) is 200 cm³/mol. The van der Waals surface area contributed by atoms with E-state index < -0.39 is 7.92 Å². The van der Waals surface area contributed by atoms with Gasteiger partial charge in [0.2, 0.25) is 0 Å². The molecule has 0 saturated carbocycles. The van der Waals surface area contributed by atoms with E-state index in [-0.39, 0.29) is 35.7 Å². The molecule has 6 aromatic rings. The van der Waals surface area contributed by atoms with E-state index in [0.29, 0.717) is 11.1 Å². The standard InChI is InChI=1S/C42H34N2O2P2/c45-41(33-23-11-13-25-35(33)47)43-39-37-29-19-7-9-21-31(29)38(32-22-10-8-20-30(32)37)40(39)44-42(46)34-24-12-14-26-36(34)48(27-15-3-1-4-16-27)28-17-5-2-6-18-28/h1-26,37-40H,47H2,(H,43,45)(H,44,46)/t37?,38?,39-,40-/m1/s1. The van der Waals surface area contributed by atoms with Gasteiger partial charge in [-0.3, -0.25) is 9.59 Å². The van der Waals surface area contributed by atoms with Gasteiger partial charge in [-0.15, -0.1) is 9.24 Å². The van der Waals surface area contributed by atoms with Gasteiger partial charge in [0.1, 0.15) is 0 Å². The number of amides is 2. The number of benzene rings is 6. The molecule has 6 heteroatoms. The molecule has 3 aliphatic carbocycles. The van der Waals surface area contributed by atoms with E-state index in [0.717, 1.165) is 10.6 Å². The number of hydrogen-bond donors (Lipinski definition) is 2. The Morgan fingerprint density at radius 2 is 0.833 bits per heavy atom. The van der Waals surface area contributed by atoms with Crippen LogP contribution in [0.2, 0.25) is 0 Å². The summed E-state index contributed by atoms with van der Waals surface area (Å²) in [4.78, 5) is 28.7. The summed E-state index contributed by atoms with van der Waals surface area (Å²) in [6.07, 6.45) is 0. The molecule has 0 fully saturated rings. The summed E-state index contributed by atoms with van der Waals surface area (Å²) < 4.78 is 0. The van der Waals surface area contributed by atoms with Crippen LogP contribution in [0.1, 0.15) is 54.8 Å². The van der Waals surface area contributed by atoms with Crippen molar-refractivity contribution >= 4 is 50.2 Å². The van der Waals surface area contributed by atoms with E-state index in [1.165, 1.54) is 32.9 Å². The first-order valence-electron chi connectivity index (χ1n) is 16.2. The molecule has 0 aromatic heterocycles. The molecule has 6 aromatic carbocycles. The van der Waals surface area contributed by atoms with Crippen molar-refractivity contribution in [3.8, 4) is 0 Å². The second-order valence-corrected chi connectivity index (χ2v) is 15.1. The lowest BCUT2D eigenvalue weighted by molar-refractivity contribution is 0.0859. The maximum absolute atomic E-state index is 14.7. The lowest BCUT2D eigenvalue weighted by Crippen LogP contribution is -2.62. The van der Waals surface area contributed by atoms with Gasteiger partial charge in [0, 0.05) is 23.0 Å². The van der Waals surface area contributed by atoms with Crippen molar-refractivity contribution in [2.75, 3.05) is 0 Å². The van der Waals surface area contributed by atoms with E-state index in [9.17, 15) is 9.59 Å². The molecule has 3 atom stereocenters. The number of nitrogens with one attached hydrogen (secondary N) is 2. The third-order valence-corrected chi connectivity index (χ3v) is 12.7. The summed E-state index contributed by atoms with van der Waals surface area (Å²) in [5, 5.41) is 11.1. The molecule has 0 aliphatic heterocycles. The Kier molecular flexibility index (Phi) is 8.22. The molecule has 4 nitrogen and oxygen atoms in total. The number of fused-ring (bicyclic) bond motifs is 1. The molecule has 234 valence electrons. The maximum atomic E-state index is 14.7. The number of rotatable bonds is 7. The van der Waals surface area contributed by atoms with Gasteiger partial charge in [0.15, 0.2) is 0 Å². The molecule has 9 rings (SSSR count). The Morgan fingerprint density at radius 1 is 0.458 bits per heavy atom. The summed E-state index contributed by atoms with van der Waals surface area (Å²) >= 11 is 0. The summed E-state index contributed by atoms with van der Waals surface area (Å²) in [5.41, 5.74) is 6.07. The third-order valence-electron chi connectivity index (χ3n) is 9.66. The minimum absolute atomic E-state index is 0.116. The van der Waals surface area contributed by atoms with E-state index in [1.54, 1.807) is 0 Å². The average molecular weight is 661 g/mol. The molecular formula is C42H34N2O2P2. The zero-order valence-corrected chi connectivity index (χ0v) is 28.2. The van der Waals surface area contributed by atoms with Crippen molar-refractivity contribution in [3.63, 3.8) is 0 Å². The van der Waals surface area contributed by atoms with Crippen LogP contribution in [-0.4, -0.2) is 23.9 Å². The normalized spacial score (nSPS) is 18.9. The minimum atomic E-state index is -1.00. The van der Waals surface area contributed by atoms with E-state index >= 15 is 0 Å². The number of carbonyl (C=O) groups is 2. The fourth-order valence-electron chi connectivity index (χ4n) is 7.63. The van der Waals surface area contributed by atoms with Gasteiger partial charge in [0.05, 0.1) is 12.1 Å². The van der Waals surface area contributed by atoms with Gasteiger partial charge in [-0.1, -0.05) is 146 Å². The lowest BCUT2D eigenvalue weighted by atomic mass is 9.59. The van der Waals surface area contributed by atoms with Crippen molar-refractivity contribution in [1.29, 1.82) is 0 Å². The fourth-order valence-corrected chi connectivity index (χ4v) is 10.4. The van der Waals surface area contributed by atoms with Crippen LogP contribution in [0.25, 0.3) is 0 Å². The molecule has 48 heavy (non-hydrogen) atoms. The van der Waals surface area contributed by atoms with Gasteiger partial charge < -0.3 is 10.6 Å². The van der Waals surface area contributed by atoms with Crippen molar-refractivity contribution in [1.82, 2.24) is 10.6 Å². The highest BCUT2D eigenvalue weighted by Crippen LogP contribution is 2.53. The number of hydrogen-bond acceptors (Lipinski definition) is 2. The molecular weight excluding hydrogens is 626 g/mol. The van der Waals surface area contributed by atoms with Crippen LogP contribution in [0.5, 0.6) is 0 Å². The minimum Gasteiger partial charge on any atom is -0.346 e. The first kappa shape index (κ1) is 30.5. The van der Waals surface area contributed by atoms with E-state index in [4.69, 9.17) is 0 Å².